The van der Waals surface area contributed by atoms with Gasteiger partial charge >= 0.3 is 0 Å². The molecule has 1 aliphatic rings. The van der Waals surface area contributed by atoms with Crippen molar-refractivity contribution in [1.29, 1.82) is 0 Å². The topological polar surface area (TPSA) is 52.7 Å². The largest absolute Gasteiger partial charge is 0.337 e. The van der Waals surface area contributed by atoms with Gasteiger partial charge in [-0.25, -0.2) is 0 Å². The Bertz CT molecular complexity index is 1310. The van der Waals surface area contributed by atoms with Gasteiger partial charge in [0.05, 0.1) is 39.0 Å². The standard InChI is InChI=1S/C29H29Cl4N3O2/c1-35(29(38)17-20-9-11-23(31)25(33)15-20)27(18-36-12-4-5-13-36)21-6-2-3-7-26(21)34-28(37)16-19-8-10-22(30)24(32)14-19/h2-3,6-11,14-15,27H,4-5,12-13,16-18H2,1H3,(H,34,37)/t27-/m0/s1. The van der Waals surface area contributed by atoms with Crippen LogP contribution in [0.25, 0.3) is 0 Å². The van der Waals surface area contributed by atoms with Gasteiger partial charge in [-0.3, -0.25) is 9.59 Å². The fourth-order valence-electron chi connectivity index (χ4n) is 4.69. The predicted octanol–water partition coefficient (Wildman–Crippen LogP) is 7.32. The van der Waals surface area contributed by atoms with Crippen LogP contribution in [0.5, 0.6) is 0 Å². The van der Waals surface area contributed by atoms with Crippen molar-refractivity contribution < 1.29 is 9.59 Å². The minimum Gasteiger partial charge on any atom is -0.337 e. The maximum absolute atomic E-state index is 13.5. The van der Waals surface area contributed by atoms with Gasteiger partial charge in [-0.05, 0) is 73.0 Å². The zero-order chi connectivity index (χ0) is 27.2. The fourth-order valence-corrected chi connectivity index (χ4v) is 5.33. The summed E-state index contributed by atoms with van der Waals surface area (Å²) in [7, 11) is 1.81. The average Bonchev–Trinajstić information content (AvgIpc) is 3.40. The van der Waals surface area contributed by atoms with Gasteiger partial charge in [-0.2, -0.15) is 0 Å². The first kappa shape index (κ1) is 28.7. The van der Waals surface area contributed by atoms with Crippen LogP contribution in [0.3, 0.4) is 0 Å². The zero-order valence-corrected chi connectivity index (χ0v) is 24.0. The molecule has 3 aromatic carbocycles. The highest BCUT2D eigenvalue weighted by molar-refractivity contribution is 6.42. The molecule has 2 amide bonds. The molecular weight excluding hydrogens is 564 g/mol. The molecule has 0 aromatic heterocycles. The van der Waals surface area contributed by atoms with E-state index < -0.39 is 0 Å². The lowest BCUT2D eigenvalue weighted by Gasteiger charge is -2.33. The van der Waals surface area contributed by atoms with Gasteiger partial charge < -0.3 is 15.1 Å². The van der Waals surface area contributed by atoms with E-state index >= 15 is 0 Å². The number of carbonyl (C=O) groups excluding carboxylic acids is 2. The molecule has 0 unspecified atom stereocenters. The predicted molar refractivity (Wildman–Crippen MR) is 157 cm³/mol. The first-order valence-electron chi connectivity index (χ1n) is 12.5. The van der Waals surface area contributed by atoms with Crippen molar-refractivity contribution in [3.05, 3.63) is 97.4 Å². The van der Waals surface area contributed by atoms with E-state index in [1.807, 2.05) is 37.4 Å². The summed E-state index contributed by atoms with van der Waals surface area (Å²) in [6.07, 6.45) is 2.61. The molecule has 38 heavy (non-hydrogen) atoms. The van der Waals surface area contributed by atoms with Crippen molar-refractivity contribution in [2.45, 2.75) is 31.7 Å². The third kappa shape index (κ3) is 7.43. The highest BCUT2D eigenvalue weighted by Gasteiger charge is 2.28. The molecule has 4 rings (SSSR count). The number of para-hydroxylation sites is 1. The summed E-state index contributed by atoms with van der Waals surface area (Å²) in [5, 5.41) is 4.78. The van der Waals surface area contributed by atoms with Crippen LogP contribution in [0.1, 0.15) is 35.6 Å². The van der Waals surface area contributed by atoms with E-state index in [4.69, 9.17) is 46.4 Å². The summed E-state index contributed by atoms with van der Waals surface area (Å²) in [6.45, 7) is 2.64. The Morgan fingerprint density at radius 1 is 0.842 bits per heavy atom. The second-order valence-electron chi connectivity index (χ2n) is 9.51. The van der Waals surface area contributed by atoms with Crippen molar-refractivity contribution in [1.82, 2.24) is 9.80 Å². The summed E-state index contributed by atoms with van der Waals surface area (Å²) in [4.78, 5) is 30.6. The number of anilines is 1. The van der Waals surface area contributed by atoms with Crippen LogP contribution in [0.15, 0.2) is 60.7 Å². The van der Waals surface area contributed by atoms with Crippen molar-refractivity contribution in [2.24, 2.45) is 0 Å². The summed E-state index contributed by atoms with van der Waals surface area (Å²) in [5.74, 6) is -0.231. The van der Waals surface area contributed by atoms with E-state index in [0.29, 0.717) is 32.3 Å². The minimum absolute atomic E-state index is 0.0514. The zero-order valence-electron chi connectivity index (χ0n) is 21.0. The molecule has 1 N–H and O–H groups in total. The average molecular weight is 593 g/mol. The third-order valence-electron chi connectivity index (χ3n) is 6.77. The van der Waals surface area contributed by atoms with E-state index in [-0.39, 0.29) is 30.7 Å². The van der Waals surface area contributed by atoms with Gasteiger partial charge in [0, 0.05) is 19.3 Å². The van der Waals surface area contributed by atoms with Gasteiger partial charge in [-0.15, -0.1) is 0 Å². The fraction of sp³-hybridized carbons (Fsp3) is 0.310. The molecule has 3 aromatic rings. The number of likely N-dealkylation sites (tertiary alicyclic amines) is 1. The number of benzene rings is 3. The highest BCUT2D eigenvalue weighted by atomic mass is 35.5. The van der Waals surface area contributed by atoms with Crippen LogP contribution in [-0.2, 0) is 22.4 Å². The van der Waals surface area contributed by atoms with Crippen molar-refractivity contribution in [2.75, 3.05) is 32.0 Å². The lowest BCUT2D eigenvalue weighted by molar-refractivity contribution is -0.131. The Morgan fingerprint density at radius 2 is 1.42 bits per heavy atom. The van der Waals surface area contributed by atoms with Gasteiger partial charge in [0.2, 0.25) is 11.8 Å². The van der Waals surface area contributed by atoms with E-state index in [1.54, 1.807) is 35.2 Å². The number of rotatable bonds is 9. The molecule has 5 nitrogen and oxygen atoms in total. The molecule has 1 atom stereocenters. The molecule has 1 fully saturated rings. The Kier molecular flexibility index (Phi) is 9.97. The van der Waals surface area contributed by atoms with Gasteiger partial charge in [0.1, 0.15) is 0 Å². The monoisotopic (exact) mass is 591 g/mol. The minimum atomic E-state index is -0.259. The molecule has 0 bridgehead atoms. The van der Waals surface area contributed by atoms with E-state index in [9.17, 15) is 9.59 Å². The summed E-state index contributed by atoms with van der Waals surface area (Å²) in [6, 6.07) is 17.8. The lowest BCUT2D eigenvalue weighted by Crippen LogP contribution is -2.39. The number of nitrogens with one attached hydrogen (secondary N) is 1. The van der Waals surface area contributed by atoms with Crippen LogP contribution in [0, 0.1) is 0 Å². The Balaban J connectivity index is 1.56. The number of hydrogen-bond donors (Lipinski definition) is 1. The normalized spacial score (nSPS) is 14.3. The van der Waals surface area contributed by atoms with Crippen molar-refractivity contribution in [3.63, 3.8) is 0 Å². The number of halogens is 4. The molecular formula is C29H29Cl4N3O2. The maximum Gasteiger partial charge on any atom is 0.228 e. The Hall–Kier alpha value is -2.28. The molecule has 0 saturated carbocycles. The second kappa shape index (κ2) is 13.2. The molecule has 200 valence electrons. The van der Waals surface area contributed by atoms with Crippen molar-refractivity contribution >= 4 is 63.9 Å². The Morgan fingerprint density at radius 3 is 2.03 bits per heavy atom. The molecule has 1 heterocycles. The molecule has 1 aliphatic heterocycles. The van der Waals surface area contributed by atoms with Crippen LogP contribution >= 0.6 is 46.4 Å². The quantitative estimate of drug-likeness (QED) is 0.283. The van der Waals surface area contributed by atoms with Crippen LogP contribution in [-0.4, -0.2) is 48.3 Å². The first-order chi connectivity index (χ1) is 18.2. The van der Waals surface area contributed by atoms with Crippen LogP contribution in [0.2, 0.25) is 20.1 Å². The maximum atomic E-state index is 13.5. The van der Waals surface area contributed by atoms with E-state index in [1.165, 1.54) is 0 Å². The summed E-state index contributed by atoms with van der Waals surface area (Å²) in [5.41, 5.74) is 3.11. The number of hydrogen-bond acceptors (Lipinski definition) is 3. The summed E-state index contributed by atoms with van der Waals surface area (Å²) >= 11 is 24.4. The van der Waals surface area contributed by atoms with Gasteiger partial charge in [0.25, 0.3) is 0 Å². The van der Waals surface area contributed by atoms with E-state index in [0.717, 1.165) is 42.6 Å². The first-order valence-corrected chi connectivity index (χ1v) is 14.0. The second-order valence-corrected chi connectivity index (χ2v) is 11.1. The molecule has 1 saturated heterocycles. The van der Waals surface area contributed by atoms with Gasteiger partial charge in [-0.1, -0.05) is 76.7 Å². The van der Waals surface area contributed by atoms with Crippen LogP contribution < -0.4 is 5.32 Å². The number of amides is 2. The third-order valence-corrected chi connectivity index (χ3v) is 8.25. The van der Waals surface area contributed by atoms with E-state index in [2.05, 4.69) is 10.2 Å². The van der Waals surface area contributed by atoms with Crippen molar-refractivity contribution in [3.8, 4) is 0 Å². The Labute approximate surface area is 243 Å². The highest BCUT2D eigenvalue weighted by Crippen LogP contribution is 2.31. The smallest absolute Gasteiger partial charge is 0.228 e. The van der Waals surface area contributed by atoms with Gasteiger partial charge in [0.15, 0.2) is 0 Å². The molecule has 0 spiro atoms. The number of nitrogens with zero attached hydrogens (tertiary/aromatic N) is 2. The number of carbonyl (C=O) groups is 2. The number of likely N-dealkylation sites (N-methyl/N-ethyl adjacent to an activating group) is 1. The van der Waals surface area contributed by atoms with Crippen LogP contribution in [0.4, 0.5) is 5.69 Å². The SMILES string of the molecule is CN(C(=O)Cc1ccc(Cl)c(Cl)c1)[C@@H](CN1CCCC1)c1ccccc1NC(=O)Cc1ccc(Cl)c(Cl)c1. The molecule has 9 heteroatoms. The molecule has 0 radical (unpaired) electrons. The molecule has 0 aliphatic carbocycles. The summed E-state index contributed by atoms with van der Waals surface area (Å²) < 4.78 is 0. The lowest BCUT2D eigenvalue weighted by atomic mass is 10.0.